The number of fused-ring (bicyclic) bond motifs is 1. The SMILES string of the molecule is CC12CC3CC(C)(C1)CC(C(=O)Nc1sc4c(c1C#N)CCCC4)(C3)C2. The normalized spacial score (nSPS) is 40.1. The summed E-state index contributed by atoms with van der Waals surface area (Å²) < 4.78 is 0. The van der Waals surface area contributed by atoms with Gasteiger partial charge in [-0.3, -0.25) is 4.79 Å². The third-order valence-corrected chi connectivity index (χ3v) is 8.83. The maximum atomic E-state index is 13.5. The molecule has 1 aromatic heterocycles. The van der Waals surface area contributed by atoms with Crippen molar-refractivity contribution in [2.24, 2.45) is 22.2 Å². The molecule has 138 valence electrons. The molecule has 1 aromatic rings. The molecule has 26 heavy (non-hydrogen) atoms. The molecular formula is C22H28N2OS. The molecule has 5 aliphatic carbocycles. The maximum Gasteiger partial charge on any atom is 0.231 e. The predicted molar refractivity (Wildman–Crippen MR) is 104 cm³/mol. The van der Waals surface area contributed by atoms with E-state index in [1.165, 1.54) is 36.1 Å². The first kappa shape index (κ1) is 16.8. The summed E-state index contributed by atoms with van der Waals surface area (Å²) in [6, 6.07) is 2.39. The molecule has 4 fully saturated rings. The number of rotatable bonds is 2. The highest BCUT2D eigenvalue weighted by Gasteiger charge is 2.62. The van der Waals surface area contributed by atoms with Gasteiger partial charge in [-0.2, -0.15) is 5.26 Å². The minimum Gasteiger partial charge on any atom is -0.316 e. The first-order valence-electron chi connectivity index (χ1n) is 10.2. The Hall–Kier alpha value is -1.34. The van der Waals surface area contributed by atoms with Crippen molar-refractivity contribution in [3.63, 3.8) is 0 Å². The number of anilines is 1. The van der Waals surface area contributed by atoms with E-state index in [0.29, 0.717) is 16.7 Å². The Labute approximate surface area is 160 Å². The Morgan fingerprint density at radius 2 is 1.81 bits per heavy atom. The quantitative estimate of drug-likeness (QED) is 0.756. The zero-order valence-electron chi connectivity index (χ0n) is 15.9. The van der Waals surface area contributed by atoms with E-state index in [-0.39, 0.29) is 11.3 Å². The third-order valence-electron chi connectivity index (χ3n) is 7.62. The van der Waals surface area contributed by atoms with Crippen LogP contribution in [-0.4, -0.2) is 5.91 Å². The van der Waals surface area contributed by atoms with Crippen molar-refractivity contribution in [3.8, 4) is 6.07 Å². The monoisotopic (exact) mass is 368 g/mol. The molecular weight excluding hydrogens is 340 g/mol. The van der Waals surface area contributed by atoms with Gasteiger partial charge in [0.2, 0.25) is 5.91 Å². The van der Waals surface area contributed by atoms with Crippen molar-refractivity contribution < 1.29 is 4.79 Å². The van der Waals surface area contributed by atoms with Crippen molar-refractivity contribution in [3.05, 3.63) is 16.0 Å². The van der Waals surface area contributed by atoms with Crippen LogP contribution in [0.4, 0.5) is 5.00 Å². The number of nitrogens with zero attached hydrogens (tertiary/aromatic N) is 1. The molecule has 1 heterocycles. The Balaban J connectivity index is 1.47. The number of carbonyl (C=O) groups is 1. The van der Waals surface area contributed by atoms with Crippen molar-refractivity contribution in [1.82, 2.24) is 0 Å². The maximum absolute atomic E-state index is 13.5. The van der Waals surface area contributed by atoms with E-state index < -0.39 is 0 Å². The molecule has 0 saturated heterocycles. The predicted octanol–water partition coefficient (Wildman–Crippen LogP) is 5.43. The Kier molecular flexibility index (Phi) is 3.46. The molecule has 0 radical (unpaired) electrons. The van der Waals surface area contributed by atoms with Gasteiger partial charge in [0.05, 0.1) is 11.0 Å². The van der Waals surface area contributed by atoms with E-state index >= 15 is 0 Å². The largest absolute Gasteiger partial charge is 0.316 e. The van der Waals surface area contributed by atoms with Gasteiger partial charge in [0.15, 0.2) is 0 Å². The highest BCUT2D eigenvalue weighted by molar-refractivity contribution is 7.16. The van der Waals surface area contributed by atoms with Crippen LogP contribution >= 0.6 is 11.3 Å². The zero-order valence-corrected chi connectivity index (χ0v) is 16.7. The molecule has 5 aliphatic rings. The molecule has 6 rings (SSSR count). The van der Waals surface area contributed by atoms with Crippen molar-refractivity contribution in [2.45, 2.75) is 78.1 Å². The lowest BCUT2D eigenvalue weighted by atomic mass is 9.40. The van der Waals surface area contributed by atoms with Gasteiger partial charge in [-0.05, 0) is 86.5 Å². The average molecular weight is 369 g/mol. The lowest BCUT2D eigenvalue weighted by Gasteiger charge is -2.64. The number of nitrogens with one attached hydrogen (secondary N) is 1. The number of hydrogen-bond acceptors (Lipinski definition) is 3. The third kappa shape index (κ3) is 2.39. The average Bonchev–Trinajstić information content (AvgIpc) is 2.88. The number of aryl methyl sites for hydroxylation is 1. The number of carbonyl (C=O) groups excluding carboxylic acids is 1. The summed E-state index contributed by atoms with van der Waals surface area (Å²) in [6.45, 7) is 4.81. The van der Waals surface area contributed by atoms with Crippen LogP contribution in [0.2, 0.25) is 0 Å². The van der Waals surface area contributed by atoms with Gasteiger partial charge in [0.25, 0.3) is 0 Å². The molecule has 2 unspecified atom stereocenters. The number of nitriles is 1. The number of amides is 1. The molecule has 3 nitrogen and oxygen atoms in total. The summed E-state index contributed by atoms with van der Waals surface area (Å²) in [7, 11) is 0. The zero-order chi connectivity index (χ0) is 18.2. The number of hydrogen-bond donors (Lipinski definition) is 1. The van der Waals surface area contributed by atoms with Gasteiger partial charge in [-0.15, -0.1) is 11.3 Å². The van der Waals surface area contributed by atoms with Gasteiger partial charge in [-0.1, -0.05) is 13.8 Å². The summed E-state index contributed by atoms with van der Waals surface area (Å²) in [6.07, 6.45) is 11.4. The van der Waals surface area contributed by atoms with Crippen LogP contribution in [0.3, 0.4) is 0 Å². The molecule has 0 aliphatic heterocycles. The topological polar surface area (TPSA) is 52.9 Å². The van der Waals surface area contributed by atoms with Gasteiger partial charge in [0.1, 0.15) is 11.1 Å². The van der Waals surface area contributed by atoms with Crippen LogP contribution in [0.5, 0.6) is 0 Å². The highest BCUT2D eigenvalue weighted by Crippen LogP contribution is 2.69. The van der Waals surface area contributed by atoms with E-state index in [4.69, 9.17) is 0 Å². The Morgan fingerprint density at radius 1 is 1.12 bits per heavy atom. The lowest BCUT2D eigenvalue weighted by Crippen LogP contribution is -2.58. The van der Waals surface area contributed by atoms with Crippen LogP contribution in [0.25, 0.3) is 0 Å². The second kappa shape index (κ2) is 5.35. The minimum atomic E-state index is -0.208. The van der Waals surface area contributed by atoms with E-state index in [0.717, 1.165) is 49.1 Å². The fraction of sp³-hybridized carbons (Fsp3) is 0.727. The van der Waals surface area contributed by atoms with E-state index in [1.807, 2.05) is 0 Å². The molecule has 1 amide bonds. The summed E-state index contributed by atoms with van der Waals surface area (Å²) in [5.74, 6) is 0.910. The summed E-state index contributed by atoms with van der Waals surface area (Å²) in [4.78, 5) is 14.8. The van der Waals surface area contributed by atoms with Crippen LogP contribution < -0.4 is 5.32 Å². The highest BCUT2D eigenvalue weighted by atomic mass is 32.1. The Morgan fingerprint density at radius 3 is 2.46 bits per heavy atom. The van der Waals surface area contributed by atoms with Crippen LogP contribution in [-0.2, 0) is 17.6 Å². The van der Waals surface area contributed by atoms with E-state index in [2.05, 4.69) is 25.2 Å². The molecule has 4 bridgehead atoms. The summed E-state index contributed by atoms with van der Waals surface area (Å²) in [5.41, 5.74) is 2.42. The summed E-state index contributed by atoms with van der Waals surface area (Å²) >= 11 is 1.66. The lowest BCUT2D eigenvalue weighted by molar-refractivity contribution is -0.165. The van der Waals surface area contributed by atoms with Crippen molar-refractivity contribution in [2.75, 3.05) is 5.32 Å². The van der Waals surface area contributed by atoms with Gasteiger partial charge >= 0.3 is 0 Å². The van der Waals surface area contributed by atoms with Crippen molar-refractivity contribution in [1.29, 1.82) is 5.26 Å². The van der Waals surface area contributed by atoms with Crippen LogP contribution in [0.1, 0.15) is 81.2 Å². The van der Waals surface area contributed by atoms with E-state index in [1.54, 1.807) is 11.3 Å². The molecule has 4 heteroatoms. The van der Waals surface area contributed by atoms with E-state index in [9.17, 15) is 10.1 Å². The summed E-state index contributed by atoms with van der Waals surface area (Å²) in [5, 5.41) is 13.8. The second-order valence-electron chi connectivity index (χ2n) is 10.4. The van der Waals surface area contributed by atoms with Gasteiger partial charge < -0.3 is 5.32 Å². The first-order chi connectivity index (χ1) is 12.3. The fourth-order valence-corrected chi connectivity index (χ4v) is 8.94. The standard InChI is InChI=1S/C22H28N2OS/c1-20-7-14-8-21(2,11-20)13-22(9-14,12-20)19(25)24-18-16(10-23)15-5-3-4-6-17(15)26-18/h14H,3-9,11-13H2,1-2H3,(H,24,25). The molecule has 4 saturated carbocycles. The van der Waals surface area contributed by atoms with Crippen molar-refractivity contribution >= 4 is 22.2 Å². The van der Waals surface area contributed by atoms with Gasteiger partial charge in [0, 0.05) is 4.88 Å². The molecule has 1 N–H and O–H groups in total. The van der Waals surface area contributed by atoms with Crippen LogP contribution in [0.15, 0.2) is 0 Å². The van der Waals surface area contributed by atoms with Gasteiger partial charge in [-0.25, -0.2) is 0 Å². The molecule has 2 atom stereocenters. The minimum absolute atomic E-state index is 0.203. The van der Waals surface area contributed by atoms with Crippen LogP contribution in [0, 0.1) is 33.5 Å². The Bertz CT molecular complexity index is 814. The second-order valence-corrected chi connectivity index (χ2v) is 11.5. The first-order valence-corrected chi connectivity index (χ1v) is 11.0. The number of thiophene rings is 1. The smallest absolute Gasteiger partial charge is 0.231 e. The molecule has 0 aromatic carbocycles. The molecule has 0 spiro atoms. The fourth-order valence-electron chi connectivity index (χ4n) is 7.71.